The maximum atomic E-state index is 12.1. The first-order valence-electron chi connectivity index (χ1n) is 8.31. The zero-order valence-corrected chi connectivity index (χ0v) is 14.4. The minimum atomic E-state index is -0.0768. The van der Waals surface area contributed by atoms with E-state index in [-0.39, 0.29) is 5.91 Å². The number of hydrogen-bond donors (Lipinski definition) is 3. The molecule has 0 aliphatic heterocycles. The summed E-state index contributed by atoms with van der Waals surface area (Å²) in [5, 5.41) is 17.3. The van der Waals surface area contributed by atoms with E-state index in [0.29, 0.717) is 30.3 Å². The fraction of sp³-hybridized carbons (Fsp3) is 0.158. The summed E-state index contributed by atoms with van der Waals surface area (Å²) >= 11 is 0. The highest BCUT2D eigenvalue weighted by atomic mass is 16.1. The third kappa shape index (κ3) is 4.76. The Bertz CT molecular complexity index is 851. The van der Waals surface area contributed by atoms with Crippen molar-refractivity contribution in [3.63, 3.8) is 0 Å². The predicted molar refractivity (Wildman–Crippen MR) is 102 cm³/mol. The number of carbonyl (C=O) groups is 1. The zero-order valence-electron chi connectivity index (χ0n) is 14.4. The number of hydrogen-bond acceptors (Lipinski definition) is 6. The lowest BCUT2D eigenvalue weighted by Crippen LogP contribution is -2.29. The number of benzene rings is 1. The molecule has 0 aliphatic carbocycles. The average Bonchev–Trinajstić information content (AvgIpc) is 2.67. The topological polar surface area (TPSA) is 91.8 Å². The number of aryl methyl sites for hydroxylation is 1. The standard InChI is InChI=1S/C19H20N6O/c1-14-5-2-3-7-16(14)19(26)22-12-11-21-17-8-9-18(25-24-17)23-15-6-4-10-20-13-15/h2-10,13H,11-12H2,1H3,(H,21,24)(H,22,26)(H,23,25). The molecule has 0 atom stereocenters. The summed E-state index contributed by atoms with van der Waals surface area (Å²) in [7, 11) is 0. The van der Waals surface area contributed by atoms with Gasteiger partial charge in [0.15, 0.2) is 5.82 Å². The van der Waals surface area contributed by atoms with Gasteiger partial charge in [0.25, 0.3) is 5.91 Å². The summed E-state index contributed by atoms with van der Waals surface area (Å²) in [5.74, 6) is 1.20. The molecule has 3 N–H and O–H groups in total. The first kappa shape index (κ1) is 17.3. The largest absolute Gasteiger partial charge is 0.367 e. The number of aromatic nitrogens is 3. The van der Waals surface area contributed by atoms with Gasteiger partial charge in [-0.15, -0.1) is 10.2 Å². The number of pyridine rings is 1. The molecule has 0 bridgehead atoms. The van der Waals surface area contributed by atoms with Crippen molar-refractivity contribution in [2.75, 3.05) is 23.7 Å². The van der Waals surface area contributed by atoms with Crippen molar-refractivity contribution in [2.24, 2.45) is 0 Å². The summed E-state index contributed by atoms with van der Waals surface area (Å²) in [6.45, 7) is 2.97. The van der Waals surface area contributed by atoms with E-state index in [1.54, 1.807) is 12.4 Å². The molecule has 0 aliphatic rings. The molecule has 0 spiro atoms. The van der Waals surface area contributed by atoms with E-state index in [2.05, 4.69) is 31.1 Å². The molecule has 26 heavy (non-hydrogen) atoms. The molecule has 1 aromatic carbocycles. The first-order chi connectivity index (χ1) is 12.7. The number of carbonyl (C=O) groups excluding carboxylic acids is 1. The molecular formula is C19H20N6O. The molecule has 132 valence electrons. The van der Waals surface area contributed by atoms with Crippen LogP contribution in [0.15, 0.2) is 60.9 Å². The fourth-order valence-electron chi connectivity index (χ4n) is 2.37. The van der Waals surface area contributed by atoms with Gasteiger partial charge in [-0.2, -0.15) is 0 Å². The van der Waals surface area contributed by atoms with Crippen molar-refractivity contribution in [2.45, 2.75) is 6.92 Å². The molecule has 0 unspecified atom stereocenters. The maximum absolute atomic E-state index is 12.1. The maximum Gasteiger partial charge on any atom is 0.251 e. The van der Waals surface area contributed by atoms with E-state index < -0.39 is 0 Å². The summed E-state index contributed by atoms with van der Waals surface area (Å²) < 4.78 is 0. The summed E-state index contributed by atoms with van der Waals surface area (Å²) in [4.78, 5) is 16.1. The predicted octanol–water partition coefficient (Wildman–Crippen LogP) is 2.77. The highest BCUT2D eigenvalue weighted by Gasteiger charge is 2.06. The van der Waals surface area contributed by atoms with Crippen molar-refractivity contribution in [1.29, 1.82) is 0 Å². The lowest BCUT2D eigenvalue weighted by molar-refractivity contribution is 0.0954. The lowest BCUT2D eigenvalue weighted by Gasteiger charge is -2.09. The zero-order chi connectivity index (χ0) is 18.2. The smallest absolute Gasteiger partial charge is 0.251 e. The van der Waals surface area contributed by atoms with Gasteiger partial charge in [-0.05, 0) is 42.8 Å². The molecule has 0 saturated heterocycles. The Morgan fingerprint density at radius 2 is 1.77 bits per heavy atom. The van der Waals surface area contributed by atoms with Crippen molar-refractivity contribution in [1.82, 2.24) is 20.5 Å². The van der Waals surface area contributed by atoms with Crippen LogP contribution < -0.4 is 16.0 Å². The van der Waals surface area contributed by atoms with Crippen LogP contribution in [0.4, 0.5) is 17.3 Å². The third-order valence-electron chi connectivity index (χ3n) is 3.70. The van der Waals surface area contributed by atoms with Crippen LogP contribution in [0.1, 0.15) is 15.9 Å². The molecule has 2 heterocycles. The van der Waals surface area contributed by atoms with Crippen LogP contribution in [-0.4, -0.2) is 34.2 Å². The van der Waals surface area contributed by atoms with Crippen molar-refractivity contribution in [3.05, 3.63) is 72.1 Å². The molecule has 7 nitrogen and oxygen atoms in total. The Balaban J connectivity index is 1.44. The Hall–Kier alpha value is -3.48. The molecular weight excluding hydrogens is 328 g/mol. The van der Waals surface area contributed by atoms with Crippen LogP contribution in [0.25, 0.3) is 0 Å². The van der Waals surface area contributed by atoms with Crippen LogP contribution in [0, 0.1) is 6.92 Å². The van der Waals surface area contributed by atoms with E-state index >= 15 is 0 Å². The van der Waals surface area contributed by atoms with Gasteiger partial charge in [0.1, 0.15) is 5.82 Å². The second kappa shape index (κ2) is 8.57. The minimum absolute atomic E-state index is 0.0768. The van der Waals surface area contributed by atoms with Crippen molar-refractivity contribution >= 4 is 23.2 Å². The van der Waals surface area contributed by atoms with Gasteiger partial charge in [-0.1, -0.05) is 18.2 Å². The molecule has 7 heteroatoms. The second-order valence-corrected chi connectivity index (χ2v) is 5.67. The molecule has 3 rings (SSSR count). The van der Waals surface area contributed by atoms with Gasteiger partial charge < -0.3 is 16.0 Å². The Morgan fingerprint density at radius 1 is 0.962 bits per heavy atom. The van der Waals surface area contributed by atoms with Gasteiger partial charge in [0.2, 0.25) is 0 Å². The number of anilines is 3. The van der Waals surface area contributed by atoms with Crippen molar-refractivity contribution in [3.8, 4) is 0 Å². The van der Waals surface area contributed by atoms with Gasteiger partial charge >= 0.3 is 0 Å². The van der Waals surface area contributed by atoms with E-state index in [9.17, 15) is 4.79 Å². The van der Waals surface area contributed by atoms with Crippen LogP contribution in [0.5, 0.6) is 0 Å². The third-order valence-corrected chi connectivity index (χ3v) is 3.70. The van der Waals surface area contributed by atoms with Gasteiger partial charge in [0.05, 0.1) is 11.9 Å². The summed E-state index contributed by atoms with van der Waals surface area (Å²) in [6, 6.07) is 14.9. The fourth-order valence-corrected chi connectivity index (χ4v) is 2.37. The Kier molecular flexibility index (Phi) is 5.72. The number of amides is 1. The molecule has 0 saturated carbocycles. The lowest BCUT2D eigenvalue weighted by atomic mass is 10.1. The van der Waals surface area contributed by atoms with E-state index in [4.69, 9.17) is 0 Å². The quantitative estimate of drug-likeness (QED) is 0.569. The van der Waals surface area contributed by atoms with Crippen LogP contribution in [-0.2, 0) is 0 Å². The molecule has 3 aromatic rings. The van der Waals surface area contributed by atoms with Gasteiger partial charge in [-0.25, -0.2) is 0 Å². The molecule has 0 fully saturated rings. The van der Waals surface area contributed by atoms with Crippen molar-refractivity contribution < 1.29 is 4.79 Å². The van der Waals surface area contributed by atoms with Crippen LogP contribution in [0.2, 0.25) is 0 Å². The Morgan fingerprint density at radius 3 is 2.50 bits per heavy atom. The highest BCUT2D eigenvalue weighted by molar-refractivity contribution is 5.95. The number of nitrogens with zero attached hydrogens (tertiary/aromatic N) is 3. The van der Waals surface area contributed by atoms with Gasteiger partial charge in [-0.3, -0.25) is 9.78 Å². The Labute approximate surface area is 151 Å². The number of rotatable bonds is 7. The summed E-state index contributed by atoms with van der Waals surface area (Å²) in [5.41, 5.74) is 2.50. The minimum Gasteiger partial charge on any atom is -0.367 e. The average molecular weight is 348 g/mol. The van der Waals surface area contributed by atoms with E-state index in [1.807, 2.05) is 55.5 Å². The molecule has 2 aromatic heterocycles. The normalized spacial score (nSPS) is 10.2. The molecule has 1 amide bonds. The second-order valence-electron chi connectivity index (χ2n) is 5.67. The number of nitrogens with one attached hydrogen (secondary N) is 3. The van der Waals surface area contributed by atoms with Crippen LogP contribution in [0.3, 0.4) is 0 Å². The monoisotopic (exact) mass is 348 g/mol. The SMILES string of the molecule is Cc1ccccc1C(=O)NCCNc1ccc(Nc2cccnc2)nn1. The van der Waals surface area contributed by atoms with E-state index in [1.165, 1.54) is 0 Å². The van der Waals surface area contributed by atoms with E-state index in [0.717, 1.165) is 11.3 Å². The van der Waals surface area contributed by atoms with Gasteiger partial charge in [0, 0.05) is 24.8 Å². The molecule has 0 radical (unpaired) electrons. The summed E-state index contributed by atoms with van der Waals surface area (Å²) in [6.07, 6.45) is 3.42. The first-order valence-corrected chi connectivity index (χ1v) is 8.31. The van der Waals surface area contributed by atoms with Crippen LogP contribution >= 0.6 is 0 Å². The highest BCUT2D eigenvalue weighted by Crippen LogP contribution is 2.12.